The van der Waals surface area contributed by atoms with E-state index < -0.39 is 0 Å². The minimum atomic E-state index is -0.340. The molecule has 1 saturated carbocycles. The number of thiophene rings is 1. The maximum absolute atomic E-state index is 13.0. The van der Waals surface area contributed by atoms with Gasteiger partial charge in [-0.3, -0.25) is 20.4 Å². The monoisotopic (exact) mass is 346 g/mol. The summed E-state index contributed by atoms with van der Waals surface area (Å²) in [6, 6.07) is 9.63. The van der Waals surface area contributed by atoms with Crippen LogP contribution in [0.15, 0.2) is 36.4 Å². The summed E-state index contributed by atoms with van der Waals surface area (Å²) < 4.78 is 13.0. The molecule has 0 saturated heterocycles. The van der Waals surface area contributed by atoms with E-state index in [1.54, 1.807) is 18.2 Å². The van der Waals surface area contributed by atoms with Crippen molar-refractivity contribution in [2.45, 2.75) is 32.1 Å². The van der Waals surface area contributed by atoms with Gasteiger partial charge in [0.15, 0.2) is 0 Å². The Hall–Kier alpha value is -2.21. The molecule has 2 amide bonds. The molecule has 1 heterocycles. The Morgan fingerprint density at radius 3 is 2.46 bits per heavy atom. The van der Waals surface area contributed by atoms with E-state index >= 15 is 0 Å². The zero-order valence-electron chi connectivity index (χ0n) is 13.2. The highest BCUT2D eigenvalue weighted by Crippen LogP contribution is 2.28. The van der Waals surface area contributed by atoms with E-state index in [1.165, 1.54) is 36.3 Å². The molecule has 3 rings (SSSR count). The number of hydrazine groups is 1. The molecule has 0 atom stereocenters. The van der Waals surface area contributed by atoms with Crippen LogP contribution in [-0.2, 0) is 4.79 Å². The van der Waals surface area contributed by atoms with Gasteiger partial charge in [0.25, 0.3) is 5.91 Å². The zero-order valence-corrected chi connectivity index (χ0v) is 14.0. The van der Waals surface area contributed by atoms with E-state index in [1.807, 2.05) is 6.07 Å². The number of rotatable bonds is 4. The third-order valence-electron chi connectivity index (χ3n) is 4.22. The van der Waals surface area contributed by atoms with Crippen LogP contribution in [0.25, 0.3) is 10.4 Å². The van der Waals surface area contributed by atoms with Crippen LogP contribution in [0.4, 0.5) is 4.39 Å². The number of nitrogens with one attached hydrogen (secondary N) is 2. The van der Waals surface area contributed by atoms with Crippen molar-refractivity contribution in [3.05, 3.63) is 47.1 Å². The minimum Gasteiger partial charge on any atom is -0.273 e. The number of hydrogen-bond donors (Lipinski definition) is 2. The highest BCUT2D eigenvalue weighted by molar-refractivity contribution is 7.17. The molecule has 2 N–H and O–H groups in total. The van der Waals surface area contributed by atoms with Crippen LogP contribution >= 0.6 is 11.3 Å². The van der Waals surface area contributed by atoms with Gasteiger partial charge in [0.1, 0.15) is 5.82 Å². The number of halogens is 1. The molecule has 1 fully saturated rings. The second-order valence-electron chi connectivity index (χ2n) is 6.03. The Morgan fingerprint density at radius 1 is 1.04 bits per heavy atom. The zero-order chi connectivity index (χ0) is 16.9. The first kappa shape index (κ1) is 16.6. The fraction of sp³-hybridized carbons (Fsp3) is 0.333. The highest BCUT2D eigenvalue weighted by Gasteiger charge is 2.19. The van der Waals surface area contributed by atoms with Gasteiger partial charge >= 0.3 is 0 Å². The SMILES string of the molecule is O=C(CC1CCCC1)NNC(=O)c1ccc(-c2ccc(F)cc2)s1. The molecule has 0 aliphatic heterocycles. The summed E-state index contributed by atoms with van der Waals surface area (Å²) in [7, 11) is 0. The number of carbonyl (C=O) groups excluding carboxylic acids is 2. The molecule has 1 aromatic heterocycles. The van der Waals surface area contributed by atoms with Crippen LogP contribution in [0.5, 0.6) is 0 Å². The van der Waals surface area contributed by atoms with Crippen molar-refractivity contribution in [1.29, 1.82) is 0 Å². The van der Waals surface area contributed by atoms with Gasteiger partial charge in [0.05, 0.1) is 4.88 Å². The number of hydrogen-bond acceptors (Lipinski definition) is 3. The first-order chi connectivity index (χ1) is 11.6. The van der Waals surface area contributed by atoms with E-state index in [2.05, 4.69) is 10.9 Å². The summed E-state index contributed by atoms with van der Waals surface area (Å²) in [6.45, 7) is 0. The average molecular weight is 346 g/mol. The number of benzene rings is 1. The van der Waals surface area contributed by atoms with Crippen LogP contribution in [0, 0.1) is 11.7 Å². The van der Waals surface area contributed by atoms with Crippen molar-refractivity contribution in [2.24, 2.45) is 5.92 Å². The van der Waals surface area contributed by atoms with Crippen molar-refractivity contribution in [1.82, 2.24) is 10.9 Å². The lowest BCUT2D eigenvalue weighted by Gasteiger charge is -2.09. The van der Waals surface area contributed by atoms with Crippen LogP contribution < -0.4 is 10.9 Å². The molecule has 126 valence electrons. The quantitative estimate of drug-likeness (QED) is 0.825. The van der Waals surface area contributed by atoms with Crippen LogP contribution in [-0.4, -0.2) is 11.8 Å². The van der Waals surface area contributed by atoms with Gasteiger partial charge in [-0.1, -0.05) is 25.0 Å². The van der Waals surface area contributed by atoms with Crippen molar-refractivity contribution in [3.63, 3.8) is 0 Å². The molecule has 1 aromatic carbocycles. The summed E-state index contributed by atoms with van der Waals surface area (Å²) in [4.78, 5) is 25.3. The summed E-state index contributed by atoms with van der Waals surface area (Å²) in [6.07, 6.45) is 5.02. The second kappa shape index (κ2) is 7.57. The summed E-state index contributed by atoms with van der Waals surface area (Å²) >= 11 is 1.30. The lowest BCUT2D eigenvalue weighted by molar-refractivity contribution is -0.122. The van der Waals surface area contributed by atoms with Crippen LogP contribution in [0.3, 0.4) is 0 Å². The lowest BCUT2D eigenvalue weighted by atomic mass is 10.0. The normalized spacial score (nSPS) is 14.5. The molecule has 1 aliphatic carbocycles. The van der Waals surface area contributed by atoms with Gasteiger partial charge in [0.2, 0.25) is 5.91 Å². The van der Waals surface area contributed by atoms with Crippen LogP contribution in [0.2, 0.25) is 0 Å². The third-order valence-corrected chi connectivity index (χ3v) is 5.36. The second-order valence-corrected chi connectivity index (χ2v) is 7.11. The summed E-state index contributed by atoms with van der Waals surface area (Å²) in [5.74, 6) is -0.342. The molecule has 1 aliphatic rings. The van der Waals surface area contributed by atoms with Crippen molar-refractivity contribution < 1.29 is 14.0 Å². The Labute approximate surface area is 144 Å². The molecule has 24 heavy (non-hydrogen) atoms. The molecule has 6 heteroatoms. The predicted octanol–water partition coefficient (Wildman–Crippen LogP) is 3.90. The Morgan fingerprint density at radius 2 is 1.75 bits per heavy atom. The van der Waals surface area contributed by atoms with Gasteiger partial charge in [0, 0.05) is 11.3 Å². The highest BCUT2D eigenvalue weighted by atomic mass is 32.1. The minimum absolute atomic E-state index is 0.148. The Bertz CT molecular complexity index is 721. The molecule has 0 unspecified atom stereocenters. The van der Waals surface area contributed by atoms with Gasteiger partial charge in [-0.05, 0) is 48.6 Å². The predicted molar refractivity (Wildman–Crippen MR) is 91.9 cm³/mol. The van der Waals surface area contributed by atoms with Gasteiger partial charge in [-0.15, -0.1) is 11.3 Å². The largest absolute Gasteiger partial charge is 0.279 e. The molecule has 0 radical (unpaired) electrons. The smallest absolute Gasteiger partial charge is 0.273 e. The molecule has 0 bridgehead atoms. The lowest BCUT2D eigenvalue weighted by Crippen LogP contribution is -2.41. The number of amides is 2. The standard InChI is InChI=1S/C18H19FN2O2S/c19-14-7-5-13(6-8-14)15-9-10-16(24-15)18(23)21-20-17(22)11-12-3-1-2-4-12/h5-10,12H,1-4,11H2,(H,20,22)(H,21,23). The van der Waals surface area contributed by atoms with E-state index in [-0.39, 0.29) is 17.6 Å². The first-order valence-corrected chi connectivity index (χ1v) is 8.88. The Balaban J connectivity index is 1.53. The van der Waals surface area contributed by atoms with Gasteiger partial charge in [-0.25, -0.2) is 4.39 Å². The van der Waals surface area contributed by atoms with E-state index in [0.717, 1.165) is 23.3 Å². The number of carbonyl (C=O) groups is 2. The Kier molecular flexibility index (Phi) is 5.25. The van der Waals surface area contributed by atoms with Crippen molar-refractivity contribution in [3.8, 4) is 10.4 Å². The fourth-order valence-electron chi connectivity index (χ4n) is 2.95. The maximum atomic E-state index is 13.0. The topological polar surface area (TPSA) is 58.2 Å². The van der Waals surface area contributed by atoms with Crippen LogP contribution in [0.1, 0.15) is 41.8 Å². The summed E-state index contributed by atoms with van der Waals surface area (Å²) in [5, 5.41) is 0. The van der Waals surface area contributed by atoms with Gasteiger partial charge < -0.3 is 0 Å². The fourth-order valence-corrected chi connectivity index (χ4v) is 3.85. The summed E-state index contributed by atoms with van der Waals surface area (Å²) in [5.41, 5.74) is 5.79. The third kappa shape index (κ3) is 4.20. The van der Waals surface area contributed by atoms with E-state index in [0.29, 0.717) is 17.2 Å². The van der Waals surface area contributed by atoms with Gasteiger partial charge in [-0.2, -0.15) is 0 Å². The average Bonchev–Trinajstić information content (AvgIpc) is 3.25. The molecule has 0 spiro atoms. The molecule has 4 nitrogen and oxygen atoms in total. The molecular weight excluding hydrogens is 327 g/mol. The van der Waals surface area contributed by atoms with Crippen molar-refractivity contribution in [2.75, 3.05) is 0 Å². The van der Waals surface area contributed by atoms with E-state index in [4.69, 9.17) is 0 Å². The molecular formula is C18H19FN2O2S. The van der Waals surface area contributed by atoms with E-state index in [9.17, 15) is 14.0 Å². The molecule has 2 aromatic rings. The first-order valence-electron chi connectivity index (χ1n) is 8.07. The van der Waals surface area contributed by atoms with Crippen molar-refractivity contribution >= 4 is 23.2 Å². The maximum Gasteiger partial charge on any atom is 0.279 e.